The summed E-state index contributed by atoms with van der Waals surface area (Å²) >= 11 is 0. The number of alkyl halides is 3. The maximum atomic E-state index is 12.2. The molecular weight excluding hydrogens is 421 g/mol. The van der Waals surface area contributed by atoms with Crippen LogP contribution in [0.15, 0.2) is 36.1 Å². The van der Waals surface area contributed by atoms with Gasteiger partial charge in [-0.3, -0.25) is 14.4 Å². The van der Waals surface area contributed by atoms with Crippen molar-refractivity contribution in [2.45, 2.75) is 31.9 Å². The number of aliphatic carboxylic acids is 1. The minimum absolute atomic E-state index is 0.0863. The van der Waals surface area contributed by atoms with Crippen LogP contribution in [-0.4, -0.2) is 54.4 Å². The molecule has 0 unspecified atom stereocenters. The number of ether oxygens (including phenoxy) is 1. The van der Waals surface area contributed by atoms with Gasteiger partial charge in [-0.15, -0.1) is 0 Å². The van der Waals surface area contributed by atoms with E-state index in [4.69, 9.17) is 20.4 Å². The molecule has 2 rings (SSSR count). The predicted molar refractivity (Wildman–Crippen MR) is 103 cm³/mol. The Kier molecular flexibility index (Phi) is 10.4. The molecular formula is C20H23F3N2O6. The van der Waals surface area contributed by atoms with E-state index in [0.29, 0.717) is 24.2 Å². The summed E-state index contributed by atoms with van der Waals surface area (Å²) in [6.07, 6.45) is -0.0220. The molecule has 11 heteroatoms. The Hall–Kier alpha value is -3.21. The van der Waals surface area contributed by atoms with Crippen LogP contribution in [0.2, 0.25) is 0 Å². The molecule has 0 heterocycles. The Bertz CT molecular complexity index is 836. The predicted octanol–water partition coefficient (Wildman–Crippen LogP) is 2.23. The lowest BCUT2D eigenvalue weighted by Gasteiger charge is -2.15. The number of halogens is 3. The van der Waals surface area contributed by atoms with Crippen molar-refractivity contribution in [1.29, 1.82) is 0 Å². The maximum Gasteiger partial charge on any atom is 0.490 e. The van der Waals surface area contributed by atoms with E-state index in [1.165, 1.54) is 0 Å². The average Bonchev–Trinajstić information content (AvgIpc) is 2.72. The van der Waals surface area contributed by atoms with Gasteiger partial charge in [0.1, 0.15) is 0 Å². The molecule has 1 aromatic carbocycles. The normalized spacial score (nSPS) is 12.8. The quantitative estimate of drug-likeness (QED) is 0.497. The van der Waals surface area contributed by atoms with Crippen LogP contribution in [0.3, 0.4) is 0 Å². The third-order valence-corrected chi connectivity index (χ3v) is 3.98. The van der Waals surface area contributed by atoms with Crippen molar-refractivity contribution in [3.05, 3.63) is 47.2 Å². The maximum absolute atomic E-state index is 12.2. The van der Waals surface area contributed by atoms with E-state index in [2.05, 4.69) is 5.32 Å². The van der Waals surface area contributed by atoms with Gasteiger partial charge >= 0.3 is 12.1 Å². The first-order valence-electron chi connectivity index (χ1n) is 9.37. The molecule has 4 N–H and O–H groups in total. The van der Waals surface area contributed by atoms with E-state index in [0.717, 1.165) is 31.8 Å². The molecule has 170 valence electrons. The van der Waals surface area contributed by atoms with Crippen LogP contribution in [-0.2, 0) is 14.3 Å². The SMILES string of the molecule is NCCCCCCNC(=O)COC1=CC(=O)c2ccccc2C1=O.O=C(O)C(F)(F)F. The van der Waals surface area contributed by atoms with Crippen LogP contribution in [0.4, 0.5) is 13.2 Å². The first-order valence-corrected chi connectivity index (χ1v) is 9.37. The van der Waals surface area contributed by atoms with E-state index in [1.807, 2.05) is 0 Å². The molecule has 8 nitrogen and oxygen atoms in total. The number of benzene rings is 1. The number of unbranched alkanes of at least 4 members (excludes halogenated alkanes) is 3. The first kappa shape index (κ1) is 25.8. The van der Waals surface area contributed by atoms with E-state index in [-0.39, 0.29) is 29.8 Å². The number of carboxylic acid groups (broad SMARTS) is 1. The topological polar surface area (TPSA) is 136 Å². The van der Waals surface area contributed by atoms with Crippen molar-refractivity contribution in [2.24, 2.45) is 5.73 Å². The molecule has 0 radical (unpaired) electrons. The summed E-state index contributed by atoms with van der Waals surface area (Å²) in [4.78, 5) is 44.8. The fourth-order valence-electron chi connectivity index (χ4n) is 2.44. The molecule has 0 fully saturated rings. The smallest absolute Gasteiger partial charge is 0.480 e. The molecule has 1 aliphatic rings. The van der Waals surface area contributed by atoms with Gasteiger partial charge in [0, 0.05) is 23.7 Å². The Morgan fingerprint density at radius 2 is 1.61 bits per heavy atom. The van der Waals surface area contributed by atoms with Gasteiger partial charge in [-0.1, -0.05) is 37.1 Å². The monoisotopic (exact) mass is 444 g/mol. The van der Waals surface area contributed by atoms with E-state index < -0.39 is 12.1 Å². The third-order valence-electron chi connectivity index (χ3n) is 3.98. The number of hydrogen-bond acceptors (Lipinski definition) is 6. The van der Waals surface area contributed by atoms with E-state index in [9.17, 15) is 27.6 Å². The molecule has 1 aliphatic carbocycles. The molecule has 0 spiro atoms. The molecule has 1 aromatic rings. The molecule has 0 saturated heterocycles. The number of hydrogen-bond donors (Lipinski definition) is 3. The lowest BCUT2D eigenvalue weighted by molar-refractivity contribution is -0.192. The minimum Gasteiger partial charge on any atom is -0.480 e. The summed E-state index contributed by atoms with van der Waals surface area (Å²) in [6.45, 7) is 0.961. The lowest BCUT2D eigenvalue weighted by Crippen LogP contribution is -2.29. The number of Topliss-reactive ketones (excluding diaryl/α,β-unsaturated/α-hetero) is 1. The number of allylic oxidation sites excluding steroid dienone is 2. The summed E-state index contributed by atoms with van der Waals surface area (Å²) in [5.74, 6) is -3.82. The van der Waals surface area contributed by atoms with Gasteiger partial charge in [-0.2, -0.15) is 13.2 Å². The zero-order chi connectivity index (χ0) is 23.4. The highest BCUT2D eigenvalue weighted by Gasteiger charge is 2.38. The van der Waals surface area contributed by atoms with Crippen molar-refractivity contribution >= 4 is 23.4 Å². The number of carboxylic acids is 1. The Morgan fingerprint density at radius 3 is 2.19 bits per heavy atom. The van der Waals surface area contributed by atoms with E-state index in [1.54, 1.807) is 24.3 Å². The highest BCUT2D eigenvalue weighted by Crippen LogP contribution is 2.21. The summed E-state index contributed by atoms with van der Waals surface area (Å²) < 4.78 is 37.0. The van der Waals surface area contributed by atoms with Crippen LogP contribution in [0.25, 0.3) is 0 Å². The van der Waals surface area contributed by atoms with Gasteiger partial charge in [0.25, 0.3) is 5.91 Å². The third kappa shape index (κ3) is 8.99. The number of ketones is 2. The van der Waals surface area contributed by atoms with Gasteiger partial charge in [0.05, 0.1) is 0 Å². The number of carbonyl (C=O) groups excluding carboxylic acids is 3. The highest BCUT2D eigenvalue weighted by atomic mass is 19.4. The number of nitrogens with two attached hydrogens (primary N) is 1. The second-order valence-electron chi connectivity index (χ2n) is 6.39. The zero-order valence-corrected chi connectivity index (χ0v) is 16.5. The number of amides is 1. The van der Waals surface area contributed by atoms with Crippen LogP contribution >= 0.6 is 0 Å². The number of rotatable bonds is 9. The summed E-state index contributed by atoms with van der Waals surface area (Å²) in [5.41, 5.74) is 6.07. The van der Waals surface area contributed by atoms with Crippen molar-refractivity contribution in [1.82, 2.24) is 5.32 Å². The Morgan fingerprint density at radius 1 is 1.03 bits per heavy atom. The average molecular weight is 444 g/mol. The Labute approximate surface area is 176 Å². The van der Waals surface area contributed by atoms with Crippen LogP contribution < -0.4 is 11.1 Å². The van der Waals surface area contributed by atoms with Gasteiger partial charge < -0.3 is 20.9 Å². The van der Waals surface area contributed by atoms with Crippen LogP contribution in [0.1, 0.15) is 46.4 Å². The second-order valence-corrected chi connectivity index (χ2v) is 6.39. The minimum atomic E-state index is -5.08. The fraction of sp³-hybridized carbons (Fsp3) is 0.400. The number of fused-ring (bicyclic) bond motifs is 1. The van der Waals surface area contributed by atoms with Crippen molar-refractivity contribution < 1.29 is 42.2 Å². The largest absolute Gasteiger partial charge is 0.490 e. The molecule has 0 aliphatic heterocycles. The molecule has 0 saturated carbocycles. The standard InChI is InChI=1S/C18H22N2O4.C2HF3O2/c19-9-5-1-2-6-10-20-17(22)12-24-16-11-15(21)13-7-3-4-8-14(13)18(16)23;3-2(4,5)1(6)7/h3-4,7-8,11H,1-2,5-6,9-10,12,19H2,(H,20,22);(H,6,7). The van der Waals surface area contributed by atoms with Gasteiger partial charge in [0.15, 0.2) is 18.1 Å². The van der Waals surface area contributed by atoms with Gasteiger partial charge in [-0.25, -0.2) is 4.79 Å². The molecule has 0 aromatic heterocycles. The summed E-state index contributed by atoms with van der Waals surface area (Å²) in [5, 5.41) is 9.85. The molecule has 1 amide bonds. The van der Waals surface area contributed by atoms with Crippen molar-refractivity contribution in [3.63, 3.8) is 0 Å². The second kappa shape index (κ2) is 12.5. The zero-order valence-electron chi connectivity index (χ0n) is 16.5. The lowest BCUT2D eigenvalue weighted by atomic mass is 9.94. The molecule has 0 atom stereocenters. The Balaban J connectivity index is 0.000000592. The van der Waals surface area contributed by atoms with Crippen LogP contribution in [0.5, 0.6) is 0 Å². The van der Waals surface area contributed by atoms with Crippen molar-refractivity contribution in [3.8, 4) is 0 Å². The van der Waals surface area contributed by atoms with Crippen LogP contribution in [0, 0.1) is 0 Å². The van der Waals surface area contributed by atoms with Crippen molar-refractivity contribution in [2.75, 3.05) is 19.7 Å². The first-order chi connectivity index (χ1) is 14.6. The van der Waals surface area contributed by atoms with Gasteiger partial charge in [0.2, 0.25) is 5.78 Å². The molecule has 0 bridgehead atoms. The number of carbonyl (C=O) groups is 4. The highest BCUT2D eigenvalue weighted by molar-refractivity contribution is 6.23. The number of nitrogens with one attached hydrogen (secondary N) is 1. The molecule has 31 heavy (non-hydrogen) atoms. The van der Waals surface area contributed by atoms with Gasteiger partial charge in [-0.05, 0) is 19.4 Å². The van der Waals surface area contributed by atoms with E-state index >= 15 is 0 Å². The summed E-state index contributed by atoms with van der Waals surface area (Å²) in [6, 6.07) is 6.56. The fourth-order valence-corrected chi connectivity index (χ4v) is 2.44. The summed E-state index contributed by atoms with van der Waals surface area (Å²) in [7, 11) is 0.